The van der Waals surface area contributed by atoms with Gasteiger partial charge in [-0.3, -0.25) is 4.79 Å². The monoisotopic (exact) mass is 415 g/mol. The number of fused-ring (bicyclic) bond motifs is 1. The maximum Gasteiger partial charge on any atom is 0.310 e. The number of aliphatic carboxylic acids is 1. The number of aromatic amines is 1. The summed E-state index contributed by atoms with van der Waals surface area (Å²) < 4.78 is 5.28. The number of carboxylic acids is 1. The minimum Gasteiger partial charge on any atom is -0.497 e. The minimum absolute atomic E-state index is 0.398. The molecule has 1 unspecified atom stereocenters. The lowest BCUT2D eigenvalue weighted by molar-refractivity contribution is -0.147. The van der Waals surface area contributed by atoms with E-state index in [1.807, 2.05) is 48.5 Å². The zero-order valence-corrected chi connectivity index (χ0v) is 17.7. The van der Waals surface area contributed by atoms with Crippen LogP contribution >= 0.6 is 0 Å². The Balaban J connectivity index is 1.60. The average Bonchev–Trinajstić information content (AvgIpc) is 3.28. The van der Waals surface area contributed by atoms with Crippen LogP contribution in [0.25, 0.3) is 10.8 Å². The van der Waals surface area contributed by atoms with E-state index in [9.17, 15) is 9.90 Å². The number of methoxy groups -OCH3 is 1. The van der Waals surface area contributed by atoms with Crippen LogP contribution in [0.2, 0.25) is 0 Å². The molecule has 1 aromatic heterocycles. The van der Waals surface area contributed by atoms with Crippen LogP contribution < -0.4 is 10.1 Å². The molecule has 3 N–H and O–H groups in total. The molecule has 158 valence electrons. The van der Waals surface area contributed by atoms with Gasteiger partial charge in [0.2, 0.25) is 0 Å². The summed E-state index contributed by atoms with van der Waals surface area (Å²) in [5.74, 6) is 0.200. The smallest absolute Gasteiger partial charge is 0.310 e. The van der Waals surface area contributed by atoms with Crippen LogP contribution in [0.1, 0.15) is 31.2 Å². The second kappa shape index (κ2) is 8.14. The average molecular weight is 415 g/mol. The first-order valence-electron chi connectivity index (χ1n) is 10.1. The van der Waals surface area contributed by atoms with Gasteiger partial charge in [-0.15, -0.1) is 0 Å². The number of hydrogen-bond donors (Lipinski definition) is 3. The minimum atomic E-state index is -1.02. The molecule has 0 aliphatic heterocycles. The van der Waals surface area contributed by atoms with Gasteiger partial charge in [0, 0.05) is 23.8 Å². The number of ether oxygens (including phenoxy) is 1. The Morgan fingerprint density at radius 2 is 1.71 bits per heavy atom. The first-order valence-corrected chi connectivity index (χ1v) is 10.1. The van der Waals surface area contributed by atoms with Crippen LogP contribution in [0.15, 0.2) is 73.1 Å². The summed E-state index contributed by atoms with van der Waals surface area (Å²) in [4.78, 5) is 19.3. The molecule has 0 aliphatic carbocycles. The van der Waals surface area contributed by atoms with Gasteiger partial charge in [-0.05, 0) is 66.6 Å². The van der Waals surface area contributed by atoms with E-state index in [1.54, 1.807) is 33.4 Å². The number of anilines is 2. The van der Waals surface area contributed by atoms with Crippen molar-refractivity contribution in [3.63, 3.8) is 0 Å². The molecule has 0 fully saturated rings. The normalized spacial score (nSPS) is 12.5. The van der Waals surface area contributed by atoms with Crippen molar-refractivity contribution in [1.82, 2.24) is 9.97 Å². The quantitative estimate of drug-likeness (QED) is 0.368. The number of H-pyrrole nitrogens is 1. The zero-order valence-electron chi connectivity index (χ0n) is 17.7. The summed E-state index contributed by atoms with van der Waals surface area (Å²) in [5, 5.41) is 15.4. The summed E-state index contributed by atoms with van der Waals surface area (Å²) in [5.41, 5.74) is 1.76. The predicted octanol–water partition coefficient (Wildman–Crippen LogP) is 5.56. The van der Waals surface area contributed by atoms with E-state index in [0.29, 0.717) is 5.82 Å². The molecule has 0 saturated carbocycles. The van der Waals surface area contributed by atoms with Gasteiger partial charge in [-0.25, -0.2) is 4.98 Å². The third-order valence-corrected chi connectivity index (χ3v) is 5.65. The first-order chi connectivity index (χ1) is 14.9. The highest BCUT2D eigenvalue weighted by atomic mass is 16.5. The first kappa shape index (κ1) is 20.5. The summed E-state index contributed by atoms with van der Waals surface area (Å²) in [6.07, 6.45) is 3.36. The molecule has 0 saturated heterocycles. The maximum absolute atomic E-state index is 11.9. The third kappa shape index (κ3) is 4.10. The van der Waals surface area contributed by atoms with Crippen molar-refractivity contribution in [2.75, 3.05) is 12.4 Å². The number of carbonyl (C=O) groups is 1. The molecule has 1 atom stereocenters. The van der Waals surface area contributed by atoms with Crippen molar-refractivity contribution in [3.05, 3.63) is 84.4 Å². The topological polar surface area (TPSA) is 87.2 Å². The van der Waals surface area contributed by atoms with Crippen molar-refractivity contribution >= 4 is 28.1 Å². The summed E-state index contributed by atoms with van der Waals surface area (Å²) in [6.45, 7) is 3.44. The fourth-order valence-electron chi connectivity index (χ4n) is 3.83. The SMILES string of the molecule is COc1ccc2cc(Nc3ccc(C(c4ncc[nH]4)C(C)(C)C(=O)O)cc3)ccc2c1. The van der Waals surface area contributed by atoms with Crippen LogP contribution in [-0.2, 0) is 4.79 Å². The molecule has 0 bridgehead atoms. The molecular weight excluding hydrogens is 390 g/mol. The van der Waals surface area contributed by atoms with Crippen molar-refractivity contribution in [3.8, 4) is 5.75 Å². The van der Waals surface area contributed by atoms with Gasteiger partial charge in [0.15, 0.2) is 0 Å². The second-order valence-electron chi connectivity index (χ2n) is 8.11. The van der Waals surface area contributed by atoms with E-state index in [1.165, 1.54) is 0 Å². The highest BCUT2D eigenvalue weighted by molar-refractivity contribution is 5.87. The van der Waals surface area contributed by atoms with Crippen LogP contribution in [-0.4, -0.2) is 28.2 Å². The van der Waals surface area contributed by atoms with Crippen molar-refractivity contribution in [2.45, 2.75) is 19.8 Å². The van der Waals surface area contributed by atoms with E-state index >= 15 is 0 Å². The highest BCUT2D eigenvalue weighted by Gasteiger charge is 2.40. The largest absolute Gasteiger partial charge is 0.497 e. The van der Waals surface area contributed by atoms with E-state index in [0.717, 1.165) is 33.5 Å². The van der Waals surface area contributed by atoms with E-state index in [2.05, 4.69) is 27.4 Å². The van der Waals surface area contributed by atoms with Crippen molar-refractivity contribution in [1.29, 1.82) is 0 Å². The lowest BCUT2D eigenvalue weighted by atomic mass is 9.74. The van der Waals surface area contributed by atoms with Crippen LogP contribution in [0.3, 0.4) is 0 Å². The maximum atomic E-state index is 11.9. The number of hydrogen-bond acceptors (Lipinski definition) is 4. The number of aromatic nitrogens is 2. The van der Waals surface area contributed by atoms with Gasteiger partial charge in [-0.2, -0.15) is 0 Å². The number of nitrogens with one attached hydrogen (secondary N) is 2. The lowest BCUT2D eigenvalue weighted by Gasteiger charge is -2.29. The van der Waals surface area contributed by atoms with E-state index < -0.39 is 17.3 Å². The molecule has 0 spiro atoms. The molecule has 6 heteroatoms. The van der Waals surface area contributed by atoms with E-state index in [4.69, 9.17) is 4.74 Å². The Hall–Kier alpha value is -3.80. The predicted molar refractivity (Wildman–Crippen MR) is 122 cm³/mol. The fraction of sp³-hybridized carbons (Fsp3) is 0.200. The van der Waals surface area contributed by atoms with Gasteiger partial charge >= 0.3 is 5.97 Å². The fourth-order valence-corrected chi connectivity index (χ4v) is 3.83. The lowest BCUT2D eigenvalue weighted by Crippen LogP contribution is -2.32. The molecule has 3 aromatic carbocycles. The Labute approximate surface area is 180 Å². The Morgan fingerprint density at radius 1 is 1.03 bits per heavy atom. The van der Waals surface area contributed by atoms with Gasteiger partial charge < -0.3 is 20.1 Å². The molecule has 4 aromatic rings. The second-order valence-corrected chi connectivity index (χ2v) is 8.11. The molecule has 0 radical (unpaired) electrons. The number of nitrogens with zero attached hydrogens (tertiary/aromatic N) is 1. The Morgan fingerprint density at radius 3 is 2.35 bits per heavy atom. The third-order valence-electron chi connectivity index (χ3n) is 5.65. The summed E-state index contributed by atoms with van der Waals surface area (Å²) >= 11 is 0. The Bertz CT molecular complexity index is 1200. The molecule has 0 amide bonds. The van der Waals surface area contributed by atoms with Crippen LogP contribution in [0.5, 0.6) is 5.75 Å². The number of rotatable bonds is 7. The number of carboxylic acid groups (broad SMARTS) is 1. The summed E-state index contributed by atoms with van der Waals surface area (Å²) in [6, 6.07) is 20.0. The Kier molecular flexibility index (Phi) is 5.38. The van der Waals surface area contributed by atoms with Gasteiger partial charge in [0.25, 0.3) is 0 Å². The molecule has 1 heterocycles. The van der Waals surface area contributed by atoms with Gasteiger partial charge in [0.1, 0.15) is 11.6 Å². The number of benzene rings is 3. The molecule has 6 nitrogen and oxygen atoms in total. The van der Waals surface area contributed by atoms with E-state index in [-0.39, 0.29) is 0 Å². The van der Waals surface area contributed by atoms with Gasteiger partial charge in [0.05, 0.1) is 18.4 Å². The molecular formula is C25H25N3O3. The zero-order chi connectivity index (χ0) is 22.0. The number of imidazole rings is 1. The van der Waals surface area contributed by atoms with Crippen LogP contribution in [0, 0.1) is 5.41 Å². The van der Waals surface area contributed by atoms with Crippen molar-refractivity contribution in [2.24, 2.45) is 5.41 Å². The van der Waals surface area contributed by atoms with Gasteiger partial charge in [-0.1, -0.05) is 24.3 Å². The molecule has 4 rings (SSSR count). The highest BCUT2D eigenvalue weighted by Crippen LogP contribution is 2.40. The molecule has 31 heavy (non-hydrogen) atoms. The summed E-state index contributed by atoms with van der Waals surface area (Å²) in [7, 11) is 1.66. The molecule has 0 aliphatic rings. The van der Waals surface area contributed by atoms with Crippen molar-refractivity contribution < 1.29 is 14.6 Å². The standard InChI is InChI=1S/C25H25N3O3/c1-25(2,24(29)30)22(23-26-12-13-27-23)16-4-8-19(9-5-16)28-20-10-6-18-15-21(31-3)11-7-17(18)14-20/h4-15,22,28H,1-3H3,(H,26,27)(H,29,30). The van der Waals surface area contributed by atoms with Crippen LogP contribution in [0.4, 0.5) is 11.4 Å².